The first-order chi connectivity index (χ1) is 13.1. The van der Waals surface area contributed by atoms with Crippen LogP contribution in [-0.2, 0) is 0 Å². The highest BCUT2D eigenvalue weighted by Gasteiger charge is 2.25. The predicted octanol–water partition coefficient (Wildman–Crippen LogP) is 5.19. The summed E-state index contributed by atoms with van der Waals surface area (Å²) in [5, 5.41) is 0.420. The maximum Gasteiger partial charge on any atom is 0.166 e. The highest BCUT2D eigenvalue weighted by Crippen LogP contribution is 2.32. The molecule has 4 nitrogen and oxygen atoms in total. The van der Waals surface area contributed by atoms with Crippen LogP contribution in [0.1, 0.15) is 68.6 Å². The number of hydrogen-bond donors (Lipinski definition) is 1. The van der Waals surface area contributed by atoms with E-state index in [1.54, 1.807) is 12.1 Å². The minimum absolute atomic E-state index is 0.117. The van der Waals surface area contributed by atoms with Crippen LogP contribution in [0.25, 0.3) is 0 Å². The second-order valence-corrected chi connectivity index (χ2v) is 8.59. The summed E-state index contributed by atoms with van der Waals surface area (Å²) in [5.41, 5.74) is 6.89. The lowest BCUT2D eigenvalue weighted by Gasteiger charge is -2.35. The Balaban J connectivity index is 1.52. The smallest absolute Gasteiger partial charge is 0.166 e. The highest BCUT2D eigenvalue weighted by molar-refractivity contribution is 6.33. The molecule has 150 valence electrons. The molecule has 1 heterocycles. The summed E-state index contributed by atoms with van der Waals surface area (Å²) < 4.78 is 5.62. The van der Waals surface area contributed by atoms with Gasteiger partial charge in [-0.2, -0.15) is 0 Å². The van der Waals surface area contributed by atoms with Gasteiger partial charge in [0.05, 0.1) is 22.9 Å². The minimum atomic E-state index is 0.117. The molecular formula is C22H33ClN2O2. The van der Waals surface area contributed by atoms with Gasteiger partial charge in [-0.25, -0.2) is 0 Å². The molecule has 2 fully saturated rings. The van der Waals surface area contributed by atoms with Crippen LogP contribution >= 0.6 is 11.6 Å². The van der Waals surface area contributed by atoms with Crippen molar-refractivity contribution in [2.45, 2.75) is 58.3 Å². The first-order valence-electron chi connectivity index (χ1n) is 10.5. The summed E-state index contributed by atoms with van der Waals surface area (Å²) >= 11 is 6.15. The number of carbonyl (C=O) groups is 1. The molecule has 1 saturated heterocycles. The van der Waals surface area contributed by atoms with Crippen molar-refractivity contribution in [3.05, 3.63) is 22.7 Å². The van der Waals surface area contributed by atoms with Gasteiger partial charge in [-0.05, 0) is 63.6 Å². The van der Waals surface area contributed by atoms with Gasteiger partial charge >= 0.3 is 0 Å². The number of ketones is 1. The molecule has 0 radical (unpaired) electrons. The monoisotopic (exact) mass is 392 g/mol. The van der Waals surface area contributed by atoms with Gasteiger partial charge in [0, 0.05) is 19.0 Å². The second kappa shape index (κ2) is 9.79. The molecule has 1 aliphatic carbocycles. The Morgan fingerprint density at radius 2 is 1.85 bits per heavy atom. The maximum atomic E-state index is 12.9. The molecule has 5 heteroatoms. The quantitative estimate of drug-likeness (QED) is 0.512. The van der Waals surface area contributed by atoms with Gasteiger partial charge in [-0.3, -0.25) is 4.79 Å². The predicted molar refractivity (Wildman–Crippen MR) is 112 cm³/mol. The standard InChI is InChI=1S/C22H33ClN2O2/c1-2-27-22-14-20(24)19(23)13-18(22)21(26)12-16-8-10-25(11-9-16)15-17-6-4-3-5-7-17/h13-14,16-17H,2-12,15,24H2,1H3. The number of piperidine rings is 1. The zero-order valence-electron chi connectivity index (χ0n) is 16.5. The zero-order valence-corrected chi connectivity index (χ0v) is 17.3. The number of likely N-dealkylation sites (tertiary alicyclic amines) is 1. The van der Waals surface area contributed by atoms with Gasteiger partial charge in [0.2, 0.25) is 0 Å². The molecule has 0 unspecified atom stereocenters. The van der Waals surface area contributed by atoms with Crippen molar-refractivity contribution in [2.24, 2.45) is 11.8 Å². The fourth-order valence-corrected chi connectivity index (χ4v) is 4.71. The Kier molecular flexibility index (Phi) is 7.42. The van der Waals surface area contributed by atoms with Gasteiger partial charge in [0.1, 0.15) is 5.75 Å². The van der Waals surface area contributed by atoms with Gasteiger partial charge in [-0.15, -0.1) is 0 Å². The largest absolute Gasteiger partial charge is 0.493 e. The number of anilines is 1. The number of rotatable bonds is 7. The van der Waals surface area contributed by atoms with Crippen molar-refractivity contribution < 1.29 is 9.53 Å². The van der Waals surface area contributed by atoms with Crippen LogP contribution in [0.4, 0.5) is 5.69 Å². The molecule has 0 bridgehead atoms. The third kappa shape index (κ3) is 5.61. The summed E-state index contributed by atoms with van der Waals surface area (Å²) in [6, 6.07) is 3.34. The van der Waals surface area contributed by atoms with E-state index in [1.807, 2.05) is 6.92 Å². The number of nitrogen functional groups attached to an aromatic ring is 1. The van der Waals surface area contributed by atoms with E-state index in [9.17, 15) is 4.79 Å². The maximum absolute atomic E-state index is 12.9. The summed E-state index contributed by atoms with van der Waals surface area (Å²) in [7, 11) is 0. The normalized spacial score (nSPS) is 19.9. The van der Waals surface area contributed by atoms with Crippen molar-refractivity contribution in [3.63, 3.8) is 0 Å². The van der Waals surface area contributed by atoms with Crippen molar-refractivity contribution in [3.8, 4) is 5.75 Å². The molecule has 2 aliphatic rings. The number of nitrogens with two attached hydrogens (primary N) is 1. The van der Waals surface area contributed by atoms with E-state index < -0.39 is 0 Å². The molecule has 0 amide bonds. The first kappa shape index (κ1) is 20.5. The third-order valence-electron chi connectivity index (χ3n) is 6.12. The Morgan fingerprint density at radius 3 is 2.52 bits per heavy atom. The van der Waals surface area contributed by atoms with E-state index in [4.69, 9.17) is 22.1 Å². The lowest BCUT2D eigenvalue weighted by Crippen LogP contribution is -2.38. The number of hydrogen-bond acceptors (Lipinski definition) is 4. The Morgan fingerprint density at radius 1 is 1.15 bits per heavy atom. The van der Waals surface area contributed by atoms with E-state index in [0.29, 0.717) is 41.0 Å². The lowest BCUT2D eigenvalue weighted by molar-refractivity contribution is 0.0910. The van der Waals surface area contributed by atoms with Crippen molar-refractivity contribution >= 4 is 23.1 Å². The number of ether oxygens (including phenoxy) is 1. The molecule has 2 N–H and O–H groups in total. The Bertz CT molecular complexity index is 635. The topological polar surface area (TPSA) is 55.6 Å². The molecular weight excluding hydrogens is 360 g/mol. The first-order valence-corrected chi connectivity index (χ1v) is 10.9. The summed E-state index contributed by atoms with van der Waals surface area (Å²) in [4.78, 5) is 15.5. The van der Waals surface area contributed by atoms with E-state index in [-0.39, 0.29) is 5.78 Å². The SMILES string of the molecule is CCOc1cc(N)c(Cl)cc1C(=O)CC1CCN(CC2CCCCC2)CC1. The van der Waals surface area contributed by atoms with Crippen LogP contribution in [0.2, 0.25) is 5.02 Å². The summed E-state index contributed by atoms with van der Waals surface area (Å²) in [6.45, 7) is 5.90. The Labute approximate surface area is 168 Å². The molecule has 1 aromatic rings. The fraction of sp³-hybridized carbons (Fsp3) is 0.682. The van der Waals surface area contributed by atoms with Gasteiger partial charge in [-0.1, -0.05) is 30.9 Å². The average Bonchev–Trinajstić information content (AvgIpc) is 2.67. The van der Waals surface area contributed by atoms with Crippen LogP contribution in [0.15, 0.2) is 12.1 Å². The van der Waals surface area contributed by atoms with E-state index in [2.05, 4.69) is 4.90 Å². The molecule has 27 heavy (non-hydrogen) atoms. The van der Waals surface area contributed by atoms with E-state index >= 15 is 0 Å². The van der Waals surface area contributed by atoms with Gasteiger partial charge in [0.25, 0.3) is 0 Å². The summed E-state index contributed by atoms with van der Waals surface area (Å²) in [5.74, 6) is 2.01. The van der Waals surface area contributed by atoms with E-state index in [0.717, 1.165) is 31.8 Å². The third-order valence-corrected chi connectivity index (χ3v) is 6.45. The van der Waals surface area contributed by atoms with Crippen molar-refractivity contribution in [1.82, 2.24) is 4.90 Å². The lowest BCUT2D eigenvalue weighted by atomic mass is 9.86. The van der Waals surface area contributed by atoms with Gasteiger partial charge in [0.15, 0.2) is 5.78 Å². The van der Waals surface area contributed by atoms with Gasteiger partial charge < -0.3 is 15.4 Å². The average molecular weight is 393 g/mol. The van der Waals surface area contributed by atoms with Crippen LogP contribution in [-0.4, -0.2) is 36.9 Å². The molecule has 1 aromatic carbocycles. The number of halogens is 1. The number of carbonyl (C=O) groups excluding carboxylic acids is 1. The fourth-order valence-electron chi connectivity index (χ4n) is 4.54. The molecule has 0 atom stereocenters. The summed E-state index contributed by atoms with van der Waals surface area (Å²) in [6.07, 6.45) is 9.80. The van der Waals surface area contributed by atoms with Crippen molar-refractivity contribution in [1.29, 1.82) is 0 Å². The van der Waals surface area contributed by atoms with Crippen LogP contribution < -0.4 is 10.5 Å². The van der Waals surface area contributed by atoms with E-state index in [1.165, 1.54) is 38.6 Å². The zero-order chi connectivity index (χ0) is 19.2. The molecule has 1 aliphatic heterocycles. The second-order valence-electron chi connectivity index (χ2n) is 8.18. The van der Waals surface area contributed by atoms with Crippen LogP contribution in [0.3, 0.4) is 0 Å². The van der Waals surface area contributed by atoms with Crippen LogP contribution in [0.5, 0.6) is 5.75 Å². The van der Waals surface area contributed by atoms with Crippen LogP contribution in [0, 0.1) is 11.8 Å². The molecule has 3 rings (SSSR count). The molecule has 0 aromatic heterocycles. The highest BCUT2D eigenvalue weighted by atomic mass is 35.5. The molecule has 1 saturated carbocycles. The number of Topliss-reactive ketones (excluding diaryl/α,β-unsaturated/α-hetero) is 1. The van der Waals surface area contributed by atoms with Crippen molar-refractivity contribution in [2.75, 3.05) is 32.0 Å². The Hall–Kier alpha value is -1.26. The number of benzene rings is 1. The molecule has 0 spiro atoms. The number of nitrogens with zero attached hydrogens (tertiary/aromatic N) is 1. The minimum Gasteiger partial charge on any atom is -0.493 e.